The second-order valence-electron chi connectivity index (χ2n) is 2.11. The van der Waals surface area contributed by atoms with E-state index >= 15 is 0 Å². The molecule has 0 unspecified atom stereocenters. The SMILES string of the molecule is Cc1nn(C)c(C)c1Br. The van der Waals surface area contributed by atoms with Crippen molar-refractivity contribution in [1.82, 2.24) is 9.78 Å². The Morgan fingerprint density at radius 1 is 1.44 bits per heavy atom. The number of hydrogen-bond donors (Lipinski definition) is 0. The van der Waals surface area contributed by atoms with Crippen molar-refractivity contribution in [3.8, 4) is 0 Å². The highest BCUT2D eigenvalue weighted by atomic mass is 79.9. The molecule has 0 radical (unpaired) electrons. The molecule has 2 nitrogen and oxygen atoms in total. The van der Waals surface area contributed by atoms with Gasteiger partial charge in [0.05, 0.1) is 10.2 Å². The molecule has 0 bridgehead atoms. The minimum absolute atomic E-state index is 1.05. The van der Waals surface area contributed by atoms with E-state index in [0.29, 0.717) is 0 Å². The van der Waals surface area contributed by atoms with Gasteiger partial charge in [0.25, 0.3) is 0 Å². The molecule has 9 heavy (non-hydrogen) atoms. The Kier molecular flexibility index (Phi) is 1.62. The minimum Gasteiger partial charge on any atom is -0.272 e. The van der Waals surface area contributed by atoms with Crippen LogP contribution in [0.5, 0.6) is 0 Å². The van der Waals surface area contributed by atoms with Crippen molar-refractivity contribution in [2.75, 3.05) is 0 Å². The third-order valence-electron chi connectivity index (χ3n) is 1.42. The van der Waals surface area contributed by atoms with Gasteiger partial charge in [-0.15, -0.1) is 0 Å². The molecule has 1 heterocycles. The first-order chi connectivity index (χ1) is 4.13. The third-order valence-corrected chi connectivity index (χ3v) is 2.57. The lowest BCUT2D eigenvalue weighted by molar-refractivity contribution is 0.731. The first-order valence-electron chi connectivity index (χ1n) is 2.78. The molecule has 0 spiro atoms. The molecule has 0 saturated carbocycles. The molecule has 0 saturated heterocycles. The predicted molar refractivity (Wildman–Crippen MR) is 40.4 cm³/mol. The standard InChI is InChI=1S/C6H9BrN2/c1-4-6(7)5(2)9(3)8-4/h1-3H3. The van der Waals surface area contributed by atoms with Crippen LogP contribution in [0.15, 0.2) is 4.47 Å². The fourth-order valence-electron chi connectivity index (χ4n) is 0.748. The van der Waals surface area contributed by atoms with E-state index in [1.807, 2.05) is 25.6 Å². The van der Waals surface area contributed by atoms with E-state index in [1.165, 1.54) is 5.69 Å². The highest BCUT2D eigenvalue weighted by Gasteiger charge is 2.03. The summed E-state index contributed by atoms with van der Waals surface area (Å²) in [6.07, 6.45) is 0. The van der Waals surface area contributed by atoms with E-state index in [9.17, 15) is 0 Å². The predicted octanol–water partition coefficient (Wildman–Crippen LogP) is 1.80. The first kappa shape index (κ1) is 6.81. The van der Waals surface area contributed by atoms with Gasteiger partial charge in [0.15, 0.2) is 0 Å². The number of aromatic nitrogens is 2. The quantitative estimate of drug-likeness (QED) is 0.608. The van der Waals surface area contributed by atoms with E-state index in [1.54, 1.807) is 0 Å². The van der Waals surface area contributed by atoms with E-state index in [0.717, 1.165) is 10.2 Å². The van der Waals surface area contributed by atoms with Crippen molar-refractivity contribution < 1.29 is 0 Å². The minimum atomic E-state index is 1.05. The fraction of sp³-hybridized carbons (Fsp3) is 0.500. The molecular formula is C6H9BrN2. The second-order valence-corrected chi connectivity index (χ2v) is 2.90. The maximum Gasteiger partial charge on any atom is 0.0738 e. The summed E-state index contributed by atoms with van der Waals surface area (Å²) in [6.45, 7) is 4.02. The zero-order valence-corrected chi connectivity index (χ0v) is 7.36. The molecule has 0 fully saturated rings. The molecular weight excluding hydrogens is 180 g/mol. The summed E-state index contributed by atoms with van der Waals surface area (Å²) in [5, 5.41) is 4.18. The molecule has 0 aliphatic heterocycles. The van der Waals surface area contributed by atoms with Gasteiger partial charge in [-0.2, -0.15) is 5.10 Å². The smallest absolute Gasteiger partial charge is 0.0738 e. The molecule has 3 heteroatoms. The molecule has 0 aliphatic rings. The van der Waals surface area contributed by atoms with Crippen LogP contribution in [0.2, 0.25) is 0 Å². The Morgan fingerprint density at radius 2 is 2.00 bits per heavy atom. The number of nitrogens with zero attached hydrogens (tertiary/aromatic N) is 2. The summed E-state index contributed by atoms with van der Waals surface area (Å²) in [4.78, 5) is 0. The Hall–Kier alpha value is -0.310. The highest BCUT2D eigenvalue weighted by molar-refractivity contribution is 9.10. The monoisotopic (exact) mass is 188 g/mol. The summed E-state index contributed by atoms with van der Waals surface area (Å²) in [7, 11) is 1.94. The largest absolute Gasteiger partial charge is 0.272 e. The van der Waals surface area contributed by atoms with Gasteiger partial charge in [-0.05, 0) is 29.8 Å². The summed E-state index contributed by atoms with van der Waals surface area (Å²) in [5.41, 5.74) is 2.22. The lowest BCUT2D eigenvalue weighted by Gasteiger charge is -1.89. The molecule has 0 aromatic carbocycles. The van der Waals surface area contributed by atoms with Crippen LogP contribution in [-0.2, 0) is 7.05 Å². The van der Waals surface area contributed by atoms with Gasteiger partial charge in [-0.1, -0.05) is 0 Å². The summed E-state index contributed by atoms with van der Waals surface area (Å²) in [5.74, 6) is 0. The van der Waals surface area contributed by atoms with Crippen molar-refractivity contribution in [1.29, 1.82) is 0 Å². The van der Waals surface area contributed by atoms with Gasteiger partial charge in [-0.25, -0.2) is 0 Å². The molecule has 0 amide bonds. The molecule has 0 atom stereocenters. The third kappa shape index (κ3) is 1.01. The molecule has 50 valence electrons. The zero-order chi connectivity index (χ0) is 7.02. The van der Waals surface area contributed by atoms with E-state index < -0.39 is 0 Å². The molecule has 0 N–H and O–H groups in total. The molecule has 1 rings (SSSR count). The van der Waals surface area contributed by atoms with Crippen LogP contribution < -0.4 is 0 Å². The normalized spacial score (nSPS) is 10.2. The maximum absolute atomic E-state index is 4.18. The summed E-state index contributed by atoms with van der Waals surface area (Å²) < 4.78 is 2.98. The Balaban J connectivity index is 3.29. The Bertz CT molecular complexity index is 205. The van der Waals surface area contributed by atoms with Crippen molar-refractivity contribution in [3.63, 3.8) is 0 Å². The number of aryl methyl sites for hydroxylation is 2. The van der Waals surface area contributed by atoms with Crippen molar-refractivity contribution in [3.05, 3.63) is 15.9 Å². The lowest BCUT2D eigenvalue weighted by atomic mass is 10.4. The van der Waals surface area contributed by atoms with Crippen molar-refractivity contribution >= 4 is 15.9 Å². The maximum atomic E-state index is 4.18. The number of halogens is 1. The van der Waals surface area contributed by atoms with Gasteiger partial charge in [0, 0.05) is 12.7 Å². The highest BCUT2D eigenvalue weighted by Crippen LogP contribution is 2.18. The molecule has 0 aliphatic carbocycles. The summed E-state index contributed by atoms with van der Waals surface area (Å²) >= 11 is 3.42. The van der Waals surface area contributed by atoms with Crippen molar-refractivity contribution in [2.45, 2.75) is 13.8 Å². The van der Waals surface area contributed by atoms with Crippen LogP contribution >= 0.6 is 15.9 Å². The summed E-state index contributed by atoms with van der Waals surface area (Å²) in [6, 6.07) is 0. The van der Waals surface area contributed by atoms with Crippen LogP contribution in [0.3, 0.4) is 0 Å². The average molecular weight is 189 g/mol. The average Bonchev–Trinajstić information content (AvgIpc) is 1.98. The van der Waals surface area contributed by atoms with E-state index in [-0.39, 0.29) is 0 Å². The van der Waals surface area contributed by atoms with E-state index in [2.05, 4.69) is 21.0 Å². The van der Waals surface area contributed by atoms with Crippen LogP contribution in [0.25, 0.3) is 0 Å². The number of hydrogen-bond acceptors (Lipinski definition) is 1. The van der Waals surface area contributed by atoms with Crippen LogP contribution in [0.4, 0.5) is 0 Å². The molecule has 1 aromatic heterocycles. The van der Waals surface area contributed by atoms with Crippen LogP contribution in [0, 0.1) is 13.8 Å². The lowest BCUT2D eigenvalue weighted by Crippen LogP contribution is -1.91. The van der Waals surface area contributed by atoms with Crippen molar-refractivity contribution in [2.24, 2.45) is 7.05 Å². The van der Waals surface area contributed by atoms with Gasteiger partial charge in [0.1, 0.15) is 0 Å². The van der Waals surface area contributed by atoms with Gasteiger partial charge in [-0.3, -0.25) is 4.68 Å². The zero-order valence-electron chi connectivity index (χ0n) is 5.77. The first-order valence-corrected chi connectivity index (χ1v) is 3.58. The second kappa shape index (κ2) is 2.14. The van der Waals surface area contributed by atoms with Gasteiger partial charge >= 0.3 is 0 Å². The Labute approximate surface area is 63.0 Å². The fourth-order valence-corrected chi connectivity index (χ4v) is 1.08. The number of rotatable bonds is 0. The van der Waals surface area contributed by atoms with Crippen LogP contribution in [0.1, 0.15) is 11.4 Å². The Morgan fingerprint density at radius 3 is 2.11 bits per heavy atom. The van der Waals surface area contributed by atoms with E-state index in [4.69, 9.17) is 0 Å². The van der Waals surface area contributed by atoms with Gasteiger partial charge < -0.3 is 0 Å². The topological polar surface area (TPSA) is 17.8 Å². The van der Waals surface area contributed by atoms with Gasteiger partial charge in [0.2, 0.25) is 0 Å². The van der Waals surface area contributed by atoms with Crippen LogP contribution in [-0.4, -0.2) is 9.78 Å². The molecule has 1 aromatic rings.